The lowest BCUT2D eigenvalue weighted by atomic mass is 10.0. The van der Waals surface area contributed by atoms with Gasteiger partial charge in [-0.2, -0.15) is 13.2 Å². The number of amides is 1. The zero-order chi connectivity index (χ0) is 19.9. The molecule has 2 saturated heterocycles. The molecule has 2 aliphatic rings. The molecule has 1 atom stereocenters. The molecule has 0 aromatic carbocycles. The highest BCUT2D eigenvalue weighted by Crippen LogP contribution is 2.34. The molecule has 2 aliphatic heterocycles. The second-order valence-electron chi connectivity index (χ2n) is 7.69. The van der Waals surface area contributed by atoms with Gasteiger partial charge >= 0.3 is 6.18 Å². The molecular weight excluding hydrogens is 371 g/mol. The Morgan fingerprint density at radius 1 is 1.21 bits per heavy atom. The summed E-state index contributed by atoms with van der Waals surface area (Å²) in [5, 5.41) is 4.46. The van der Waals surface area contributed by atoms with Gasteiger partial charge < -0.3 is 9.80 Å². The third kappa shape index (κ3) is 3.54. The molecule has 0 spiro atoms. The van der Waals surface area contributed by atoms with Crippen molar-refractivity contribution >= 4 is 17.4 Å². The number of alkyl halides is 3. The summed E-state index contributed by atoms with van der Waals surface area (Å²) in [6.07, 6.45) is -0.244. The van der Waals surface area contributed by atoms with Crippen LogP contribution in [0.3, 0.4) is 0 Å². The van der Waals surface area contributed by atoms with Crippen LogP contribution in [0.1, 0.15) is 50.4 Å². The molecule has 2 fully saturated rings. The Morgan fingerprint density at radius 3 is 2.64 bits per heavy atom. The van der Waals surface area contributed by atoms with E-state index in [2.05, 4.69) is 15.0 Å². The summed E-state index contributed by atoms with van der Waals surface area (Å²) in [5.74, 6) is 0.755. The molecule has 9 heteroatoms. The Morgan fingerprint density at radius 2 is 1.96 bits per heavy atom. The predicted octanol–water partition coefficient (Wildman–Crippen LogP) is 3.50. The van der Waals surface area contributed by atoms with Crippen molar-refractivity contribution < 1.29 is 18.0 Å². The molecule has 0 aliphatic carbocycles. The minimum atomic E-state index is -4.59. The SMILES string of the molecule is CCCC1CC(=O)N(Cc2c(C(F)(F)F)nc3ccc(N4CCCC4)nn23)C1. The number of fused-ring (bicyclic) bond motifs is 1. The van der Waals surface area contributed by atoms with Crippen molar-refractivity contribution in [1.82, 2.24) is 19.5 Å². The Kier molecular flexibility index (Phi) is 4.93. The quantitative estimate of drug-likeness (QED) is 0.778. The topological polar surface area (TPSA) is 53.7 Å². The van der Waals surface area contributed by atoms with Crippen molar-refractivity contribution in [2.75, 3.05) is 24.5 Å². The van der Waals surface area contributed by atoms with E-state index in [0.717, 1.165) is 38.8 Å². The van der Waals surface area contributed by atoms with Crippen molar-refractivity contribution in [2.45, 2.75) is 51.7 Å². The van der Waals surface area contributed by atoms with Gasteiger partial charge in [0.05, 0.1) is 12.2 Å². The summed E-state index contributed by atoms with van der Waals surface area (Å²) in [6, 6.07) is 3.29. The van der Waals surface area contributed by atoms with Crippen LogP contribution in [0, 0.1) is 5.92 Å². The Balaban J connectivity index is 1.71. The van der Waals surface area contributed by atoms with Crippen molar-refractivity contribution in [1.29, 1.82) is 0 Å². The van der Waals surface area contributed by atoms with Gasteiger partial charge in [-0.1, -0.05) is 13.3 Å². The van der Waals surface area contributed by atoms with Gasteiger partial charge in [0, 0.05) is 26.1 Å². The molecule has 4 rings (SSSR count). The van der Waals surface area contributed by atoms with E-state index in [4.69, 9.17) is 0 Å². The second kappa shape index (κ2) is 7.25. The number of halogens is 3. The molecule has 6 nitrogen and oxygen atoms in total. The Bertz CT molecular complexity index is 872. The maximum Gasteiger partial charge on any atom is 0.435 e. The summed E-state index contributed by atoms with van der Waals surface area (Å²) in [4.78, 5) is 19.7. The van der Waals surface area contributed by atoms with Gasteiger partial charge in [0.1, 0.15) is 5.82 Å². The van der Waals surface area contributed by atoms with Gasteiger partial charge in [0.15, 0.2) is 11.3 Å². The molecule has 1 amide bonds. The maximum absolute atomic E-state index is 13.6. The van der Waals surface area contributed by atoms with E-state index in [1.54, 1.807) is 12.1 Å². The minimum absolute atomic E-state index is 0.0611. The van der Waals surface area contributed by atoms with Crippen LogP contribution in [-0.2, 0) is 17.5 Å². The number of hydrogen-bond acceptors (Lipinski definition) is 4. The van der Waals surface area contributed by atoms with Gasteiger partial charge in [-0.25, -0.2) is 9.50 Å². The summed E-state index contributed by atoms with van der Waals surface area (Å²) in [6.45, 7) is 4.10. The highest BCUT2D eigenvalue weighted by Gasteiger charge is 2.40. The monoisotopic (exact) mass is 395 g/mol. The number of likely N-dealkylation sites (tertiary alicyclic amines) is 1. The van der Waals surface area contributed by atoms with Crippen LogP contribution in [0.15, 0.2) is 12.1 Å². The Labute approximate surface area is 161 Å². The minimum Gasteiger partial charge on any atom is -0.355 e. The van der Waals surface area contributed by atoms with Crippen molar-refractivity contribution in [2.24, 2.45) is 5.92 Å². The van der Waals surface area contributed by atoms with Crippen molar-refractivity contribution in [3.8, 4) is 0 Å². The number of hydrogen-bond donors (Lipinski definition) is 0. The normalized spacial score (nSPS) is 20.7. The number of anilines is 1. The fourth-order valence-electron chi connectivity index (χ4n) is 4.24. The van der Waals surface area contributed by atoms with Crippen molar-refractivity contribution in [3.05, 3.63) is 23.5 Å². The standard InChI is InChI=1S/C19H24F3N5O/c1-2-5-13-10-17(28)26(11-13)12-14-18(19(20,21)22)23-15-6-7-16(24-27(14)15)25-8-3-4-9-25/h6-7,13H,2-5,8-12H2,1H3. The second-order valence-corrected chi connectivity index (χ2v) is 7.69. The smallest absolute Gasteiger partial charge is 0.355 e. The van der Waals surface area contributed by atoms with Gasteiger partial charge in [0.25, 0.3) is 0 Å². The average Bonchev–Trinajstić information content (AvgIpc) is 3.35. The molecule has 0 radical (unpaired) electrons. The van der Waals surface area contributed by atoms with Crippen LogP contribution >= 0.6 is 0 Å². The lowest BCUT2D eigenvalue weighted by Crippen LogP contribution is -2.27. The van der Waals surface area contributed by atoms with Gasteiger partial charge in [-0.15, -0.1) is 5.10 Å². The summed E-state index contributed by atoms with van der Waals surface area (Å²) in [7, 11) is 0. The first-order chi connectivity index (χ1) is 13.4. The van der Waals surface area contributed by atoms with Crippen LogP contribution in [0.25, 0.3) is 5.65 Å². The average molecular weight is 395 g/mol. The zero-order valence-electron chi connectivity index (χ0n) is 15.9. The molecule has 152 valence electrons. The molecule has 28 heavy (non-hydrogen) atoms. The largest absolute Gasteiger partial charge is 0.435 e. The number of carbonyl (C=O) groups excluding carboxylic acids is 1. The lowest BCUT2D eigenvalue weighted by Gasteiger charge is -2.19. The van der Waals surface area contributed by atoms with Gasteiger partial charge in [-0.05, 0) is 37.3 Å². The van der Waals surface area contributed by atoms with E-state index in [-0.39, 0.29) is 29.7 Å². The van der Waals surface area contributed by atoms with Crippen LogP contribution in [-0.4, -0.2) is 45.0 Å². The van der Waals surface area contributed by atoms with E-state index >= 15 is 0 Å². The molecule has 2 aromatic rings. The lowest BCUT2D eigenvalue weighted by molar-refractivity contribution is -0.142. The summed E-state index contributed by atoms with van der Waals surface area (Å²) >= 11 is 0. The molecule has 0 N–H and O–H groups in total. The molecule has 0 saturated carbocycles. The van der Waals surface area contributed by atoms with Crippen LogP contribution < -0.4 is 4.90 Å². The fraction of sp³-hybridized carbons (Fsp3) is 0.632. The summed E-state index contributed by atoms with van der Waals surface area (Å²) in [5.41, 5.74) is -0.860. The third-order valence-electron chi connectivity index (χ3n) is 5.59. The van der Waals surface area contributed by atoms with Crippen LogP contribution in [0.4, 0.5) is 19.0 Å². The fourth-order valence-corrected chi connectivity index (χ4v) is 4.24. The van der Waals surface area contributed by atoms with E-state index < -0.39 is 11.9 Å². The number of nitrogens with zero attached hydrogens (tertiary/aromatic N) is 5. The Hall–Kier alpha value is -2.32. The van der Waals surface area contributed by atoms with E-state index in [0.29, 0.717) is 18.8 Å². The first-order valence-electron chi connectivity index (χ1n) is 9.85. The zero-order valence-corrected chi connectivity index (χ0v) is 15.9. The molecular formula is C19H24F3N5O. The van der Waals surface area contributed by atoms with E-state index in [1.165, 1.54) is 9.42 Å². The third-order valence-corrected chi connectivity index (χ3v) is 5.59. The number of aromatic nitrogens is 3. The number of carbonyl (C=O) groups is 1. The molecule has 0 bridgehead atoms. The summed E-state index contributed by atoms with van der Waals surface area (Å²) < 4.78 is 42.2. The maximum atomic E-state index is 13.6. The molecule has 2 aromatic heterocycles. The van der Waals surface area contributed by atoms with Crippen molar-refractivity contribution in [3.63, 3.8) is 0 Å². The van der Waals surface area contributed by atoms with Crippen LogP contribution in [0.2, 0.25) is 0 Å². The first kappa shape index (κ1) is 19.0. The predicted molar refractivity (Wildman–Crippen MR) is 97.9 cm³/mol. The number of rotatable bonds is 5. The van der Waals surface area contributed by atoms with E-state index in [9.17, 15) is 18.0 Å². The van der Waals surface area contributed by atoms with E-state index in [1.807, 2.05) is 6.92 Å². The molecule has 4 heterocycles. The van der Waals surface area contributed by atoms with Crippen LogP contribution in [0.5, 0.6) is 0 Å². The molecule has 1 unspecified atom stereocenters. The number of imidazole rings is 1. The first-order valence-corrected chi connectivity index (χ1v) is 9.85. The van der Waals surface area contributed by atoms with Gasteiger partial charge in [0.2, 0.25) is 5.91 Å². The van der Waals surface area contributed by atoms with Gasteiger partial charge in [-0.3, -0.25) is 4.79 Å². The highest BCUT2D eigenvalue weighted by atomic mass is 19.4. The highest BCUT2D eigenvalue weighted by molar-refractivity contribution is 5.78.